The molecule has 4 aromatic rings. The van der Waals surface area contributed by atoms with E-state index in [4.69, 9.17) is 32.4 Å². The van der Waals surface area contributed by atoms with Crippen molar-refractivity contribution < 1.29 is 9.15 Å². The molecule has 2 heterocycles. The maximum Gasteiger partial charge on any atom is 0.283 e. The summed E-state index contributed by atoms with van der Waals surface area (Å²) >= 11 is 13.0. The monoisotopic (exact) mass is 428 g/mol. The highest BCUT2D eigenvalue weighted by Crippen LogP contribution is 2.30. The summed E-state index contributed by atoms with van der Waals surface area (Å²) in [6.07, 6.45) is 0. The molecule has 0 N–H and O–H groups in total. The van der Waals surface area contributed by atoms with Crippen LogP contribution >= 0.6 is 35.0 Å². The Labute approximate surface area is 174 Å². The first kappa shape index (κ1) is 18.6. The first-order valence-electron chi connectivity index (χ1n) is 8.00. The summed E-state index contributed by atoms with van der Waals surface area (Å²) in [5.74, 6) is 0.968. The van der Waals surface area contributed by atoms with Crippen LogP contribution in [0, 0.1) is 11.3 Å². The molecule has 0 unspecified atom stereocenters. The van der Waals surface area contributed by atoms with E-state index in [1.54, 1.807) is 48.5 Å². The van der Waals surface area contributed by atoms with Crippen molar-refractivity contribution >= 4 is 45.9 Å². The Morgan fingerprint density at radius 2 is 1.82 bits per heavy atom. The van der Waals surface area contributed by atoms with Crippen LogP contribution in [-0.4, -0.2) is 15.2 Å². The lowest BCUT2D eigenvalue weighted by atomic mass is 10.1. The summed E-state index contributed by atoms with van der Waals surface area (Å²) in [7, 11) is 0. The van der Waals surface area contributed by atoms with Crippen molar-refractivity contribution in [2.75, 3.05) is 0 Å². The second-order valence-corrected chi connectivity index (χ2v) is 7.43. The molecule has 4 rings (SSSR count). The molecule has 0 spiro atoms. The van der Waals surface area contributed by atoms with Gasteiger partial charge in [-0.1, -0.05) is 23.2 Å². The number of aromatic nitrogens is 3. The van der Waals surface area contributed by atoms with Crippen molar-refractivity contribution in [3.63, 3.8) is 0 Å². The van der Waals surface area contributed by atoms with Crippen LogP contribution in [0.2, 0.25) is 10.0 Å². The van der Waals surface area contributed by atoms with Gasteiger partial charge in [0.05, 0.1) is 17.1 Å². The topological polar surface area (TPSA) is 84.8 Å². The van der Waals surface area contributed by atoms with E-state index < -0.39 is 0 Å². The zero-order valence-corrected chi connectivity index (χ0v) is 16.4. The van der Waals surface area contributed by atoms with Gasteiger partial charge in [-0.05, 0) is 60.3 Å². The van der Waals surface area contributed by atoms with Gasteiger partial charge in [-0.3, -0.25) is 0 Å². The van der Waals surface area contributed by atoms with Gasteiger partial charge >= 0.3 is 0 Å². The van der Waals surface area contributed by atoms with Crippen LogP contribution in [0.15, 0.2) is 63.2 Å². The summed E-state index contributed by atoms with van der Waals surface area (Å²) < 4.78 is 11.2. The van der Waals surface area contributed by atoms with Gasteiger partial charge < -0.3 is 9.15 Å². The molecule has 0 aliphatic heterocycles. The van der Waals surface area contributed by atoms with E-state index in [0.717, 1.165) is 0 Å². The van der Waals surface area contributed by atoms with E-state index in [-0.39, 0.29) is 6.61 Å². The van der Waals surface area contributed by atoms with E-state index in [0.29, 0.717) is 48.4 Å². The Morgan fingerprint density at radius 1 is 1.04 bits per heavy atom. The zero-order valence-electron chi connectivity index (χ0n) is 14.1. The zero-order chi connectivity index (χ0) is 19.5. The number of nitriles is 1. The Kier molecular flexibility index (Phi) is 5.35. The molecule has 0 radical (unpaired) electrons. The third-order valence-electron chi connectivity index (χ3n) is 3.68. The van der Waals surface area contributed by atoms with Crippen LogP contribution in [0.3, 0.4) is 0 Å². The number of pyridine rings is 1. The highest BCUT2D eigenvalue weighted by molar-refractivity contribution is 7.99. The molecular weight excluding hydrogens is 419 g/mol. The van der Waals surface area contributed by atoms with Crippen LogP contribution in [0.25, 0.3) is 10.9 Å². The number of hydrogen-bond donors (Lipinski definition) is 0. The molecule has 0 saturated heterocycles. The molecule has 0 aliphatic carbocycles. The second kappa shape index (κ2) is 8.07. The smallest absolute Gasteiger partial charge is 0.283 e. The van der Waals surface area contributed by atoms with E-state index in [9.17, 15) is 5.26 Å². The fraction of sp³-hybridized carbons (Fsp3) is 0.0526. The summed E-state index contributed by atoms with van der Waals surface area (Å²) in [5.41, 5.74) is 1.14. The number of hydrogen-bond acceptors (Lipinski definition) is 7. The predicted molar refractivity (Wildman–Crippen MR) is 106 cm³/mol. The fourth-order valence-corrected chi connectivity index (χ4v) is 3.44. The number of benzene rings is 2. The third-order valence-corrected chi connectivity index (χ3v) is 4.93. The van der Waals surface area contributed by atoms with Crippen LogP contribution in [-0.2, 0) is 6.61 Å². The molecular formula is C19H10Cl2N4O2S. The second-order valence-electron chi connectivity index (χ2n) is 5.59. The Balaban J connectivity index is 1.50. The lowest BCUT2D eigenvalue weighted by molar-refractivity contribution is 0.252. The first-order valence-corrected chi connectivity index (χ1v) is 9.57. The van der Waals surface area contributed by atoms with Crippen LogP contribution in [0.5, 0.6) is 5.75 Å². The van der Waals surface area contributed by atoms with E-state index in [2.05, 4.69) is 21.3 Å². The quantitative estimate of drug-likeness (QED) is 0.413. The molecule has 0 aliphatic rings. The van der Waals surface area contributed by atoms with Gasteiger partial charge in [0.25, 0.3) is 11.1 Å². The lowest BCUT2D eigenvalue weighted by Gasteiger charge is -2.04. The Hall–Kier alpha value is -2.79. The van der Waals surface area contributed by atoms with Gasteiger partial charge in [0.15, 0.2) is 6.61 Å². The molecule has 0 bridgehead atoms. The SMILES string of the molecule is N#Cc1cc(Sc2nnc(COc3ccc(Cl)cc3)o2)nc2ccc(Cl)cc12. The van der Waals surface area contributed by atoms with E-state index in [1.165, 1.54) is 11.8 Å². The van der Waals surface area contributed by atoms with Crippen molar-refractivity contribution in [3.8, 4) is 11.8 Å². The fourth-order valence-electron chi connectivity index (χ4n) is 2.42. The average Bonchev–Trinajstić information content (AvgIpc) is 3.14. The third kappa shape index (κ3) is 4.20. The van der Waals surface area contributed by atoms with Gasteiger partial charge in [0, 0.05) is 15.4 Å². The largest absolute Gasteiger partial charge is 0.484 e. The molecule has 0 atom stereocenters. The van der Waals surface area contributed by atoms with Crippen LogP contribution in [0.4, 0.5) is 0 Å². The number of rotatable bonds is 5. The molecule has 2 aromatic heterocycles. The van der Waals surface area contributed by atoms with Gasteiger partial charge in [-0.15, -0.1) is 10.2 Å². The minimum absolute atomic E-state index is 0.127. The normalized spacial score (nSPS) is 10.8. The van der Waals surface area contributed by atoms with Gasteiger partial charge in [0.2, 0.25) is 0 Å². The molecule has 2 aromatic carbocycles. The van der Waals surface area contributed by atoms with E-state index in [1.807, 2.05) is 0 Å². The molecule has 0 saturated carbocycles. The minimum atomic E-state index is 0.127. The highest BCUT2D eigenvalue weighted by atomic mass is 35.5. The predicted octanol–water partition coefficient (Wildman–Crippen LogP) is 5.53. The Bertz CT molecular complexity index is 1190. The maximum absolute atomic E-state index is 9.41. The summed E-state index contributed by atoms with van der Waals surface area (Å²) in [4.78, 5) is 4.51. The molecule has 138 valence electrons. The standard InChI is InChI=1S/C19H10Cl2N4O2S/c20-12-1-4-14(5-2-12)26-10-17-24-25-19(27-17)28-18-7-11(9-22)15-8-13(21)3-6-16(15)23-18/h1-8H,10H2. The maximum atomic E-state index is 9.41. The number of fused-ring (bicyclic) bond motifs is 1. The molecule has 9 heteroatoms. The number of nitrogens with zero attached hydrogens (tertiary/aromatic N) is 4. The first-order chi connectivity index (χ1) is 13.6. The molecule has 0 fully saturated rings. The van der Waals surface area contributed by atoms with E-state index >= 15 is 0 Å². The molecule has 6 nitrogen and oxygen atoms in total. The molecule has 0 amide bonds. The summed E-state index contributed by atoms with van der Waals surface area (Å²) in [5, 5.41) is 20.1. The minimum Gasteiger partial charge on any atom is -0.484 e. The van der Waals surface area contributed by atoms with Gasteiger partial charge in [-0.25, -0.2) is 4.98 Å². The number of ether oxygens (including phenoxy) is 1. The van der Waals surface area contributed by atoms with Crippen molar-refractivity contribution in [3.05, 3.63) is 70.0 Å². The summed E-state index contributed by atoms with van der Waals surface area (Å²) in [6.45, 7) is 0.127. The Morgan fingerprint density at radius 3 is 2.61 bits per heavy atom. The lowest BCUT2D eigenvalue weighted by Crippen LogP contribution is -1.95. The summed E-state index contributed by atoms with van der Waals surface area (Å²) in [6, 6.07) is 16.0. The number of halogens is 2. The molecule has 28 heavy (non-hydrogen) atoms. The van der Waals surface area contributed by atoms with Crippen molar-refractivity contribution in [1.82, 2.24) is 15.2 Å². The van der Waals surface area contributed by atoms with Crippen LogP contribution < -0.4 is 4.74 Å². The van der Waals surface area contributed by atoms with Gasteiger partial charge in [0.1, 0.15) is 10.8 Å². The average molecular weight is 429 g/mol. The highest BCUT2D eigenvalue weighted by Gasteiger charge is 2.12. The van der Waals surface area contributed by atoms with Crippen molar-refractivity contribution in [2.24, 2.45) is 0 Å². The van der Waals surface area contributed by atoms with Gasteiger partial charge in [-0.2, -0.15) is 5.26 Å². The van der Waals surface area contributed by atoms with Crippen molar-refractivity contribution in [2.45, 2.75) is 16.9 Å². The van der Waals surface area contributed by atoms with Crippen molar-refractivity contribution in [1.29, 1.82) is 5.26 Å². The van der Waals surface area contributed by atoms with Crippen LogP contribution in [0.1, 0.15) is 11.5 Å².